The predicted octanol–water partition coefficient (Wildman–Crippen LogP) is -0.508. The second kappa shape index (κ2) is 3.71. The third kappa shape index (κ3) is 2.17. The summed E-state index contributed by atoms with van der Waals surface area (Å²) in [7, 11) is 3.39. The number of esters is 2. The maximum atomic E-state index is 11.4. The third-order valence-electron chi connectivity index (χ3n) is 3.06. The Hall–Kier alpha value is -1.14. The minimum Gasteiger partial charge on any atom is -0.435 e. The minimum absolute atomic E-state index is 0.632. The fourth-order valence-corrected chi connectivity index (χ4v) is 1.47. The molecule has 90 valence electrons. The Bertz CT molecular complexity index is 289. The van der Waals surface area contributed by atoms with Gasteiger partial charge < -0.3 is 9.47 Å². The number of rotatable bonds is 4. The van der Waals surface area contributed by atoms with Gasteiger partial charge >= 0.3 is 11.9 Å². The Balaban J connectivity index is 1.83. The first-order chi connectivity index (χ1) is 7.55. The number of hydrogen-bond acceptors (Lipinski definition) is 6. The number of hydrogen-bond donors (Lipinski definition) is 2. The van der Waals surface area contributed by atoms with Crippen LogP contribution in [0.5, 0.6) is 0 Å². The van der Waals surface area contributed by atoms with Gasteiger partial charge in [-0.05, 0) is 14.1 Å². The van der Waals surface area contributed by atoms with Crippen molar-refractivity contribution in [2.45, 2.75) is 37.1 Å². The summed E-state index contributed by atoms with van der Waals surface area (Å²) < 4.78 is 10.1. The van der Waals surface area contributed by atoms with Crippen molar-refractivity contribution in [2.75, 3.05) is 14.1 Å². The highest BCUT2D eigenvalue weighted by Gasteiger charge is 2.50. The van der Waals surface area contributed by atoms with Gasteiger partial charge in [0.1, 0.15) is 0 Å². The van der Waals surface area contributed by atoms with Gasteiger partial charge in [0.2, 0.25) is 0 Å². The van der Waals surface area contributed by atoms with Crippen molar-refractivity contribution < 1.29 is 19.1 Å². The van der Waals surface area contributed by atoms with Crippen LogP contribution in [-0.4, -0.2) is 37.5 Å². The largest absolute Gasteiger partial charge is 0.435 e. The smallest absolute Gasteiger partial charge is 0.419 e. The molecule has 2 N–H and O–H groups in total. The van der Waals surface area contributed by atoms with Crippen molar-refractivity contribution in [3.63, 3.8) is 0 Å². The van der Waals surface area contributed by atoms with Gasteiger partial charge in [0, 0.05) is 25.7 Å². The molecule has 2 aliphatic rings. The van der Waals surface area contributed by atoms with E-state index in [-0.39, 0.29) is 0 Å². The molecule has 2 aliphatic carbocycles. The summed E-state index contributed by atoms with van der Waals surface area (Å²) in [5.41, 5.74) is -1.26. The molecule has 0 atom stereocenters. The van der Waals surface area contributed by atoms with E-state index in [2.05, 4.69) is 10.6 Å². The van der Waals surface area contributed by atoms with E-state index in [1.807, 2.05) is 0 Å². The zero-order chi connectivity index (χ0) is 11.8. The maximum absolute atomic E-state index is 11.4. The molecule has 16 heavy (non-hydrogen) atoms. The normalized spacial score (nSPS) is 23.4. The summed E-state index contributed by atoms with van der Waals surface area (Å²) in [5, 5.41) is 5.73. The Labute approximate surface area is 93.7 Å². The lowest BCUT2D eigenvalue weighted by molar-refractivity contribution is -0.178. The SMILES string of the molecule is CNC1(OC(=O)C(=O)OC2(NC)CC2)CC1. The molecular weight excluding hydrogens is 212 g/mol. The van der Waals surface area contributed by atoms with Crippen LogP contribution in [0.2, 0.25) is 0 Å². The fraction of sp³-hybridized carbons (Fsp3) is 0.800. The Morgan fingerprint density at radius 3 is 1.38 bits per heavy atom. The van der Waals surface area contributed by atoms with E-state index < -0.39 is 23.4 Å². The fourth-order valence-electron chi connectivity index (χ4n) is 1.47. The lowest BCUT2D eigenvalue weighted by Gasteiger charge is -2.17. The van der Waals surface area contributed by atoms with E-state index in [1.165, 1.54) is 0 Å². The number of carbonyl (C=O) groups is 2. The summed E-state index contributed by atoms with van der Waals surface area (Å²) in [6, 6.07) is 0. The number of nitrogens with one attached hydrogen (secondary N) is 2. The summed E-state index contributed by atoms with van der Waals surface area (Å²) >= 11 is 0. The molecule has 0 aromatic heterocycles. The minimum atomic E-state index is -0.923. The summed E-state index contributed by atoms with van der Waals surface area (Å²) in [6.45, 7) is 0. The molecule has 0 heterocycles. The van der Waals surface area contributed by atoms with E-state index in [4.69, 9.17) is 9.47 Å². The molecule has 0 aromatic carbocycles. The van der Waals surface area contributed by atoms with E-state index in [0.29, 0.717) is 0 Å². The van der Waals surface area contributed by atoms with Crippen LogP contribution in [0.15, 0.2) is 0 Å². The lowest BCUT2D eigenvalue weighted by atomic mass is 10.5. The molecule has 0 bridgehead atoms. The first kappa shape index (κ1) is 11.3. The van der Waals surface area contributed by atoms with Gasteiger partial charge in [0.25, 0.3) is 0 Å². The van der Waals surface area contributed by atoms with Gasteiger partial charge in [-0.15, -0.1) is 0 Å². The van der Waals surface area contributed by atoms with Crippen LogP contribution < -0.4 is 10.6 Å². The maximum Gasteiger partial charge on any atom is 0.419 e. The van der Waals surface area contributed by atoms with Gasteiger partial charge in [0.15, 0.2) is 11.4 Å². The van der Waals surface area contributed by atoms with Gasteiger partial charge in [0.05, 0.1) is 0 Å². The number of ether oxygens (including phenoxy) is 2. The molecule has 2 rings (SSSR count). The quantitative estimate of drug-likeness (QED) is 0.383. The van der Waals surface area contributed by atoms with Gasteiger partial charge in [-0.3, -0.25) is 10.6 Å². The van der Waals surface area contributed by atoms with Crippen molar-refractivity contribution in [3.05, 3.63) is 0 Å². The second-order valence-electron chi connectivity index (χ2n) is 4.27. The summed E-state index contributed by atoms with van der Waals surface area (Å²) in [5.74, 6) is -1.85. The van der Waals surface area contributed by atoms with Gasteiger partial charge in [-0.25, -0.2) is 9.59 Å². The van der Waals surface area contributed by atoms with Crippen molar-refractivity contribution in [2.24, 2.45) is 0 Å². The predicted molar refractivity (Wildman–Crippen MR) is 54.2 cm³/mol. The third-order valence-corrected chi connectivity index (χ3v) is 3.06. The van der Waals surface area contributed by atoms with E-state index in [0.717, 1.165) is 25.7 Å². The highest BCUT2D eigenvalue weighted by molar-refractivity contribution is 6.30. The van der Waals surface area contributed by atoms with Crippen molar-refractivity contribution in [3.8, 4) is 0 Å². The molecule has 0 spiro atoms. The Morgan fingerprint density at radius 1 is 0.875 bits per heavy atom. The van der Waals surface area contributed by atoms with Crippen LogP contribution in [0.3, 0.4) is 0 Å². The average molecular weight is 228 g/mol. The molecular formula is C10H16N2O4. The van der Waals surface area contributed by atoms with Crippen LogP contribution in [0.4, 0.5) is 0 Å². The Kier molecular flexibility index (Phi) is 2.63. The van der Waals surface area contributed by atoms with Crippen molar-refractivity contribution in [1.29, 1.82) is 0 Å². The van der Waals surface area contributed by atoms with E-state index >= 15 is 0 Å². The van der Waals surface area contributed by atoms with Crippen LogP contribution in [-0.2, 0) is 19.1 Å². The molecule has 0 amide bonds. The molecule has 6 nitrogen and oxygen atoms in total. The Morgan fingerprint density at radius 2 is 1.19 bits per heavy atom. The van der Waals surface area contributed by atoms with Crippen LogP contribution in [0.25, 0.3) is 0 Å². The second-order valence-corrected chi connectivity index (χ2v) is 4.27. The topological polar surface area (TPSA) is 76.7 Å². The van der Waals surface area contributed by atoms with Gasteiger partial charge in [-0.2, -0.15) is 0 Å². The van der Waals surface area contributed by atoms with Crippen molar-refractivity contribution >= 4 is 11.9 Å². The molecule has 0 aliphatic heterocycles. The highest BCUT2D eigenvalue weighted by Crippen LogP contribution is 2.38. The first-order valence-corrected chi connectivity index (χ1v) is 5.39. The highest BCUT2D eigenvalue weighted by atomic mass is 16.6. The van der Waals surface area contributed by atoms with Crippen LogP contribution >= 0.6 is 0 Å². The molecule has 2 saturated carbocycles. The van der Waals surface area contributed by atoms with Gasteiger partial charge in [-0.1, -0.05) is 0 Å². The molecule has 0 saturated heterocycles. The molecule has 2 fully saturated rings. The van der Waals surface area contributed by atoms with E-state index in [1.54, 1.807) is 14.1 Å². The lowest BCUT2D eigenvalue weighted by Crippen LogP contribution is -2.40. The van der Waals surface area contributed by atoms with E-state index in [9.17, 15) is 9.59 Å². The van der Waals surface area contributed by atoms with Crippen LogP contribution in [0.1, 0.15) is 25.7 Å². The monoisotopic (exact) mass is 228 g/mol. The summed E-state index contributed by atoms with van der Waals surface area (Å²) in [4.78, 5) is 22.8. The zero-order valence-electron chi connectivity index (χ0n) is 9.46. The summed E-state index contributed by atoms with van der Waals surface area (Å²) in [6.07, 6.45) is 2.94. The molecule has 6 heteroatoms. The van der Waals surface area contributed by atoms with Crippen LogP contribution in [0, 0.1) is 0 Å². The van der Waals surface area contributed by atoms with Crippen molar-refractivity contribution in [1.82, 2.24) is 10.6 Å². The number of carbonyl (C=O) groups excluding carboxylic acids is 2. The molecule has 0 radical (unpaired) electrons. The standard InChI is InChI=1S/C10H16N2O4/c1-11-9(3-4-9)15-7(13)8(14)16-10(12-2)5-6-10/h11-12H,3-6H2,1-2H3. The zero-order valence-corrected chi connectivity index (χ0v) is 9.46. The average Bonchev–Trinajstić information content (AvgIpc) is 3.16. The molecule has 0 unspecified atom stereocenters. The first-order valence-electron chi connectivity index (χ1n) is 5.39. The molecule has 0 aromatic rings.